The van der Waals surface area contributed by atoms with E-state index >= 15 is 0 Å². The van der Waals surface area contributed by atoms with Crippen molar-refractivity contribution in [2.24, 2.45) is 5.14 Å². The fourth-order valence-corrected chi connectivity index (χ4v) is 0.598. The smallest absolute Gasteiger partial charge is 0.211 e. The molecule has 9 heavy (non-hydrogen) atoms. The Balaban J connectivity index is 0. The molecule has 6 heteroatoms. The molecule has 0 saturated carbocycles. The van der Waals surface area contributed by atoms with E-state index in [0.29, 0.717) is 0 Å². The summed E-state index contributed by atoms with van der Waals surface area (Å²) in [5.41, 5.74) is 0. The summed E-state index contributed by atoms with van der Waals surface area (Å²) in [6.45, 7) is 0.166. The van der Waals surface area contributed by atoms with Gasteiger partial charge in [0, 0.05) is 44.8 Å². The molecule has 0 bridgehead atoms. The molecule has 0 aliphatic heterocycles. The van der Waals surface area contributed by atoms with Gasteiger partial charge in [0.15, 0.2) is 0 Å². The summed E-state index contributed by atoms with van der Waals surface area (Å²) in [5, 5.41) is 4.61. The summed E-state index contributed by atoms with van der Waals surface area (Å²) in [6.07, 6.45) is 0. The van der Waals surface area contributed by atoms with Crippen LogP contribution in [0.25, 0.3) is 0 Å². The summed E-state index contributed by atoms with van der Waals surface area (Å²) in [5.74, 6) is -0.108. The molecule has 0 atom stereocenters. The third kappa shape index (κ3) is 12.4. The Bertz CT molecular complexity index is 143. The number of methoxy groups -OCH3 is 1. The summed E-state index contributed by atoms with van der Waals surface area (Å²) in [6, 6.07) is 0. The molecular formula is C3H9ArNO3S. The van der Waals surface area contributed by atoms with Gasteiger partial charge in [0.05, 0.1) is 12.4 Å². The molecule has 0 aromatic carbocycles. The minimum atomic E-state index is -3.31. The third-order valence-electron chi connectivity index (χ3n) is 0.572. The van der Waals surface area contributed by atoms with Crippen molar-refractivity contribution < 1.29 is 50.9 Å². The van der Waals surface area contributed by atoms with Crippen LogP contribution < -0.4 is 5.14 Å². The van der Waals surface area contributed by atoms with Crippen molar-refractivity contribution in [1.29, 1.82) is 0 Å². The van der Waals surface area contributed by atoms with E-state index in [-0.39, 0.29) is 50.1 Å². The first-order valence-electron chi connectivity index (χ1n) is 2.05. The van der Waals surface area contributed by atoms with Crippen LogP contribution in [0.2, 0.25) is 0 Å². The van der Waals surface area contributed by atoms with Crippen molar-refractivity contribution in [2.75, 3.05) is 19.5 Å². The Kier molecular flexibility index (Phi) is 8.35. The Morgan fingerprint density at radius 3 is 2.11 bits per heavy atom. The molecule has 0 heterocycles. The average Bonchev–Trinajstić information content (AvgIpc) is 1.59. The molecule has 0 spiro atoms. The van der Waals surface area contributed by atoms with Gasteiger partial charge in [0.1, 0.15) is 0 Å². The minimum Gasteiger partial charge on any atom is -0.384 e. The first kappa shape index (κ1) is 12.8. The van der Waals surface area contributed by atoms with E-state index < -0.39 is 10.0 Å². The summed E-state index contributed by atoms with van der Waals surface area (Å²) >= 11 is 0. The maximum absolute atomic E-state index is 10.1. The molecular weight excluding hydrogens is 170 g/mol. The van der Waals surface area contributed by atoms with Crippen molar-refractivity contribution in [1.82, 2.24) is 0 Å². The van der Waals surface area contributed by atoms with E-state index in [1.165, 1.54) is 7.11 Å². The number of sulfonamides is 1. The number of ether oxygens (including phenoxy) is 1. The monoisotopic (exact) mass is 179 g/mol. The zero-order valence-electron chi connectivity index (χ0n) is 4.98. The van der Waals surface area contributed by atoms with Gasteiger partial charge in [0.25, 0.3) is 0 Å². The molecule has 58 valence electrons. The Labute approximate surface area is 84.8 Å². The first-order valence-corrected chi connectivity index (χ1v) is 3.77. The fourth-order valence-electron chi connectivity index (χ4n) is 0.199. The van der Waals surface area contributed by atoms with Crippen molar-refractivity contribution in [3.8, 4) is 0 Å². The molecule has 4 nitrogen and oxygen atoms in total. The van der Waals surface area contributed by atoms with Gasteiger partial charge in [-0.25, -0.2) is 13.6 Å². The molecule has 0 radical (unpaired) electrons. The largest absolute Gasteiger partial charge is 0.384 e. The van der Waals surface area contributed by atoms with Gasteiger partial charge in [-0.1, -0.05) is 0 Å². The molecule has 0 aromatic rings. The molecule has 0 aromatic heterocycles. The minimum absolute atomic E-state index is 0. The second-order valence-electron chi connectivity index (χ2n) is 1.36. The Morgan fingerprint density at radius 2 is 2.00 bits per heavy atom. The van der Waals surface area contributed by atoms with Crippen LogP contribution in [-0.2, 0) is 14.8 Å². The number of nitrogens with two attached hydrogens (primary N) is 1. The molecule has 0 fully saturated rings. The van der Waals surface area contributed by atoms with Gasteiger partial charge >= 0.3 is 0 Å². The van der Waals surface area contributed by atoms with Gasteiger partial charge in [-0.3, -0.25) is 0 Å². The van der Waals surface area contributed by atoms with Gasteiger partial charge < -0.3 is 4.74 Å². The van der Waals surface area contributed by atoms with Crippen LogP contribution in [0, 0.1) is 37.7 Å². The van der Waals surface area contributed by atoms with E-state index in [4.69, 9.17) is 0 Å². The topological polar surface area (TPSA) is 69.4 Å². The second kappa shape index (κ2) is 5.88. The van der Waals surface area contributed by atoms with Crippen molar-refractivity contribution in [2.45, 2.75) is 0 Å². The van der Waals surface area contributed by atoms with Crippen LogP contribution in [0.4, 0.5) is 0 Å². The average molecular weight is 179 g/mol. The zero-order valence-corrected chi connectivity index (χ0v) is 6.50. The molecule has 0 amide bonds. The summed E-state index contributed by atoms with van der Waals surface area (Å²) in [7, 11) is -1.89. The van der Waals surface area contributed by atoms with Crippen molar-refractivity contribution in [3.05, 3.63) is 0 Å². The summed E-state index contributed by atoms with van der Waals surface area (Å²) in [4.78, 5) is 0. The van der Waals surface area contributed by atoms with Crippen molar-refractivity contribution >= 4 is 10.0 Å². The zero-order chi connectivity index (χ0) is 6.62. The maximum Gasteiger partial charge on any atom is 0.211 e. The van der Waals surface area contributed by atoms with Gasteiger partial charge in [0.2, 0.25) is 10.0 Å². The fraction of sp³-hybridized carbons (Fsp3) is 1.00. The van der Waals surface area contributed by atoms with Crippen LogP contribution in [0.1, 0.15) is 0 Å². The normalized spacial score (nSPS) is 10.4. The van der Waals surface area contributed by atoms with Crippen LogP contribution >= 0.6 is 0 Å². The van der Waals surface area contributed by atoms with Crippen LogP contribution in [0.5, 0.6) is 0 Å². The number of hydrogen-bond donors (Lipinski definition) is 1. The molecule has 0 aliphatic carbocycles. The molecule has 0 rings (SSSR count). The second-order valence-corrected chi connectivity index (χ2v) is 3.09. The van der Waals surface area contributed by atoms with Crippen LogP contribution in [0.15, 0.2) is 0 Å². The van der Waals surface area contributed by atoms with Gasteiger partial charge in [-0.2, -0.15) is 0 Å². The van der Waals surface area contributed by atoms with Gasteiger partial charge in [-0.15, -0.1) is 0 Å². The van der Waals surface area contributed by atoms with E-state index in [0.717, 1.165) is 0 Å². The Morgan fingerprint density at radius 1 is 1.56 bits per heavy atom. The van der Waals surface area contributed by atoms with Gasteiger partial charge in [-0.05, 0) is 0 Å². The van der Waals surface area contributed by atoms with E-state index in [1.54, 1.807) is 0 Å². The van der Waals surface area contributed by atoms with E-state index in [9.17, 15) is 8.42 Å². The Hall–Kier alpha value is 1.13. The van der Waals surface area contributed by atoms with E-state index in [1.807, 2.05) is 0 Å². The maximum atomic E-state index is 10.1. The SMILES string of the molecule is COCCS(N)(=O)=O.[Ar]. The standard InChI is InChI=1S/C3H9NO3S.Ar/c1-7-2-3-8(4,5)6;/h2-3H2,1H3,(H2,4,5,6);. The number of rotatable bonds is 3. The number of primary sulfonamides is 1. The third-order valence-corrected chi connectivity index (χ3v) is 1.31. The predicted octanol–water partition coefficient (Wildman–Crippen LogP) is -1.08. The summed E-state index contributed by atoms with van der Waals surface area (Å²) < 4.78 is 24.6. The predicted molar refractivity (Wildman–Crippen MR) is 29.9 cm³/mol. The number of hydrogen-bond acceptors (Lipinski definition) is 3. The van der Waals surface area contributed by atoms with Crippen LogP contribution in [0.3, 0.4) is 0 Å². The van der Waals surface area contributed by atoms with Crippen molar-refractivity contribution in [3.63, 3.8) is 0 Å². The first-order chi connectivity index (χ1) is 3.56. The molecule has 0 unspecified atom stereocenters. The van der Waals surface area contributed by atoms with Crippen LogP contribution in [-0.4, -0.2) is 27.9 Å². The molecule has 2 N–H and O–H groups in total. The molecule has 0 aliphatic rings. The molecule has 0 saturated heterocycles. The quantitative estimate of drug-likeness (QED) is 0.599. The van der Waals surface area contributed by atoms with E-state index in [2.05, 4.69) is 9.88 Å².